The van der Waals surface area contributed by atoms with Gasteiger partial charge in [0.15, 0.2) is 11.5 Å². The Labute approximate surface area is 212 Å². The molecule has 2 aromatic carbocycles. The smallest absolute Gasteiger partial charge is 0.224 e. The predicted molar refractivity (Wildman–Crippen MR) is 145 cm³/mol. The first-order valence-corrected chi connectivity index (χ1v) is 12.8. The van der Waals surface area contributed by atoms with Crippen molar-refractivity contribution in [1.82, 2.24) is 15.3 Å². The van der Waals surface area contributed by atoms with Crippen LogP contribution in [0.3, 0.4) is 0 Å². The summed E-state index contributed by atoms with van der Waals surface area (Å²) in [6, 6.07) is 12.5. The summed E-state index contributed by atoms with van der Waals surface area (Å²) in [5.74, 6) is 2.32. The lowest BCUT2D eigenvalue weighted by atomic mass is 9.60. The molecule has 5 N–H and O–H groups in total. The molecule has 2 fully saturated rings. The largest absolute Gasteiger partial charge is 0.493 e. The van der Waals surface area contributed by atoms with Crippen molar-refractivity contribution in [3.8, 4) is 11.5 Å². The summed E-state index contributed by atoms with van der Waals surface area (Å²) >= 11 is 0. The molecule has 2 heterocycles. The molecule has 1 saturated carbocycles. The third kappa shape index (κ3) is 4.23. The zero-order chi connectivity index (χ0) is 25.3. The number of hydrogen-bond acceptors (Lipinski definition) is 8. The number of hydrogen-bond donors (Lipinski definition) is 4. The van der Waals surface area contributed by atoms with E-state index in [4.69, 9.17) is 20.2 Å². The molecule has 8 nitrogen and oxygen atoms in total. The Morgan fingerprint density at radius 1 is 1.17 bits per heavy atom. The first-order chi connectivity index (χ1) is 17.5. The van der Waals surface area contributed by atoms with Gasteiger partial charge in [0.25, 0.3) is 0 Å². The van der Waals surface area contributed by atoms with E-state index < -0.39 is 0 Å². The van der Waals surface area contributed by atoms with Crippen molar-refractivity contribution in [3.63, 3.8) is 0 Å². The van der Waals surface area contributed by atoms with E-state index in [1.165, 1.54) is 18.4 Å². The zero-order valence-corrected chi connectivity index (χ0v) is 21.4. The molecule has 0 bridgehead atoms. The minimum absolute atomic E-state index is 0.263. The average molecular weight is 489 g/mol. The minimum Gasteiger partial charge on any atom is -0.493 e. The molecular weight excluding hydrogens is 452 g/mol. The van der Waals surface area contributed by atoms with Gasteiger partial charge in [-0.1, -0.05) is 30.3 Å². The first kappa shape index (κ1) is 24.3. The third-order valence-electron chi connectivity index (χ3n) is 7.86. The normalized spacial score (nSPS) is 18.0. The number of benzene rings is 2. The number of nitrogens with one attached hydrogen (secondary N) is 3. The van der Waals surface area contributed by atoms with E-state index in [0.29, 0.717) is 40.4 Å². The molecule has 0 amide bonds. The Bertz CT molecular complexity index is 1250. The zero-order valence-electron chi connectivity index (χ0n) is 21.4. The quantitative estimate of drug-likeness (QED) is 0.328. The number of anilines is 2. The summed E-state index contributed by atoms with van der Waals surface area (Å²) in [4.78, 5) is 9.28. The van der Waals surface area contributed by atoms with Gasteiger partial charge in [0.1, 0.15) is 5.82 Å². The lowest BCUT2D eigenvalue weighted by molar-refractivity contribution is 0.281. The van der Waals surface area contributed by atoms with Crippen molar-refractivity contribution < 1.29 is 9.47 Å². The summed E-state index contributed by atoms with van der Waals surface area (Å²) < 4.78 is 11.9. The molecule has 2 aliphatic rings. The van der Waals surface area contributed by atoms with Crippen molar-refractivity contribution >= 4 is 28.4 Å². The predicted octanol–water partition coefficient (Wildman–Crippen LogP) is 4.50. The van der Waals surface area contributed by atoms with Crippen molar-refractivity contribution in [2.45, 2.75) is 43.4 Å². The number of ether oxygens (including phenoxy) is 2. The maximum atomic E-state index is 9.58. The van der Waals surface area contributed by atoms with Crippen molar-refractivity contribution in [2.75, 3.05) is 45.4 Å². The summed E-state index contributed by atoms with van der Waals surface area (Å²) in [5, 5.41) is 16.9. The SMILES string of the molecule is CNc1nc(N)c2c(C(C(=N)CC3CC3)C3(c4ccccc4)CCNCC3)c(OC)c(OC)cc2n1. The van der Waals surface area contributed by atoms with E-state index in [2.05, 4.69) is 45.9 Å². The summed E-state index contributed by atoms with van der Waals surface area (Å²) in [6.07, 6.45) is 4.92. The second kappa shape index (κ2) is 9.93. The minimum atomic E-state index is -0.306. The number of piperidine rings is 1. The van der Waals surface area contributed by atoms with Crippen LogP contribution in [0.4, 0.5) is 11.8 Å². The van der Waals surface area contributed by atoms with E-state index in [1.54, 1.807) is 21.3 Å². The van der Waals surface area contributed by atoms with Gasteiger partial charge in [-0.15, -0.1) is 0 Å². The highest BCUT2D eigenvalue weighted by atomic mass is 16.5. The highest BCUT2D eigenvalue weighted by Crippen LogP contribution is 2.54. The highest BCUT2D eigenvalue weighted by molar-refractivity contribution is 6.02. The first-order valence-electron chi connectivity index (χ1n) is 12.8. The Morgan fingerprint density at radius 3 is 2.50 bits per heavy atom. The molecule has 190 valence electrons. The van der Waals surface area contributed by atoms with Crippen LogP contribution in [0.15, 0.2) is 36.4 Å². The molecule has 1 aliphatic heterocycles. The fraction of sp³-hybridized carbons (Fsp3) is 0.464. The van der Waals surface area contributed by atoms with Gasteiger partial charge in [-0.05, 0) is 56.7 Å². The fourth-order valence-electron chi connectivity index (χ4n) is 5.98. The second-order valence-corrected chi connectivity index (χ2v) is 9.98. The molecular formula is C28H36N6O2. The van der Waals surface area contributed by atoms with Gasteiger partial charge in [0.05, 0.1) is 25.1 Å². The lowest BCUT2D eigenvalue weighted by Gasteiger charge is -2.46. The summed E-state index contributed by atoms with van der Waals surface area (Å²) in [6.45, 7) is 1.75. The number of methoxy groups -OCH3 is 2. The number of nitrogens with zero attached hydrogens (tertiary/aromatic N) is 2. The second-order valence-electron chi connectivity index (χ2n) is 9.98. The van der Waals surface area contributed by atoms with E-state index in [9.17, 15) is 5.41 Å². The standard InChI is InChI=1S/C28H36N6O2/c1-31-27-33-20-16-21(35-2)25(36-3)23(22(20)26(30)34-27)24(19(29)15-17-9-10-17)28(11-13-32-14-12-28)18-7-5-4-6-8-18/h4-8,16-17,24,29,32H,9-15H2,1-3H3,(H3,30,31,33,34). The summed E-state index contributed by atoms with van der Waals surface area (Å²) in [5.41, 5.74) is 9.83. The van der Waals surface area contributed by atoms with Gasteiger partial charge < -0.3 is 31.3 Å². The Kier molecular flexibility index (Phi) is 6.71. The maximum absolute atomic E-state index is 9.58. The number of nitrogen functional groups attached to an aromatic ring is 1. The molecule has 1 unspecified atom stereocenters. The van der Waals surface area contributed by atoms with Crippen molar-refractivity contribution in [2.24, 2.45) is 5.92 Å². The average Bonchev–Trinajstić information content (AvgIpc) is 3.73. The fourth-order valence-corrected chi connectivity index (χ4v) is 5.98. The van der Waals surface area contributed by atoms with E-state index in [1.807, 2.05) is 6.07 Å². The van der Waals surface area contributed by atoms with E-state index >= 15 is 0 Å². The monoisotopic (exact) mass is 488 g/mol. The Balaban J connectivity index is 1.85. The van der Waals surface area contributed by atoms with Crippen LogP contribution in [0.25, 0.3) is 10.9 Å². The molecule has 8 heteroatoms. The number of aromatic nitrogens is 2. The van der Waals surface area contributed by atoms with Crippen LogP contribution in [0.5, 0.6) is 11.5 Å². The van der Waals surface area contributed by atoms with Crippen LogP contribution < -0.4 is 25.8 Å². The molecule has 1 aliphatic carbocycles. The van der Waals surface area contributed by atoms with Crippen LogP contribution in [0.2, 0.25) is 0 Å². The molecule has 36 heavy (non-hydrogen) atoms. The molecule has 1 atom stereocenters. The van der Waals surface area contributed by atoms with Crippen molar-refractivity contribution in [1.29, 1.82) is 5.41 Å². The van der Waals surface area contributed by atoms with Gasteiger partial charge >= 0.3 is 0 Å². The maximum Gasteiger partial charge on any atom is 0.224 e. The van der Waals surface area contributed by atoms with E-state index in [-0.39, 0.29) is 11.3 Å². The molecule has 5 rings (SSSR count). The number of rotatable bonds is 9. The molecule has 0 radical (unpaired) electrons. The lowest BCUT2D eigenvalue weighted by Crippen LogP contribution is -2.46. The van der Waals surface area contributed by atoms with Crippen molar-refractivity contribution in [3.05, 3.63) is 47.5 Å². The van der Waals surface area contributed by atoms with Crippen LogP contribution in [-0.2, 0) is 5.41 Å². The number of fused-ring (bicyclic) bond motifs is 1. The topological polar surface area (TPSA) is 118 Å². The van der Waals surface area contributed by atoms with Gasteiger partial charge in [-0.25, -0.2) is 4.98 Å². The molecule has 0 spiro atoms. The Morgan fingerprint density at radius 2 is 1.89 bits per heavy atom. The molecule has 3 aromatic rings. The molecule has 1 saturated heterocycles. The van der Waals surface area contributed by atoms with E-state index in [0.717, 1.165) is 43.3 Å². The highest BCUT2D eigenvalue weighted by Gasteiger charge is 2.47. The van der Waals surface area contributed by atoms with Gasteiger partial charge in [0.2, 0.25) is 5.95 Å². The molecule has 1 aromatic heterocycles. The summed E-state index contributed by atoms with van der Waals surface area (Å²) in [7, 11) is 5.07. The van der Waals surface area contributed by atoms with Crippen LogP contribution >= 0.6 is 0 Å². The van der Waals surface area contributed by atoms with Gasteiger partial charge in [-0.2, -0.15) is 4.98 Å². The van der Waals surface area contributed by atoms with Crippen LogP contribution in [0.1, 0.15) is 49.1 Å². The third-order valence-corrected chi connectivity index (χ3v) is 7.86. The number of nitrogens with two attached hydrogens (primary N) is 1. The van der Waals surface area contributed by atoms with Gasteiger partial charge in [0, 0.05) is 35.7 Å². The van der Waals surface area contributed by atoms with Crippen LogP contribution in [0, 0.1) is 11.3 Å². The van der Waals surface area contributed by atoms with Crippen LogP contribution in [-0.4, -0.2) is 50.0 Å². The Hall–Kier alpha value is -3.39. The van der Waals surface area contributed by atoms with Gasteiger partial charge in [-0.3, -0.25) is 0 Å².